The van der Waals surface area contributed by atoms with Crippen molar-refractivity contribution < 1.29 is 13.5 Å². The molecule has 0 saturated heterocycles. The van der Waals surface area contributed by atoms with E-state index >= 15 is 0 Å². The molecule has 0 spiro atoms. The molecule has 0 bridgehead atoms. The van der Waals surface area contributed by atoms with Crippen LogP contribution in [0.5, 0.6) is 0 Å². The first kappa shape index (κ1) is 16.0. The molecule has 0 heterocycles. The summed E-state index contributed by atoms with van der Waals surface area (Å²) in [5, 5.41) is 0. The Bertz CT molecular complexity index is 400. The third-order valence-corrected chi connectivity index (χ3v) is 3.87. The minimum absolute atomic E-state index is 0.273. The van der Waals surface area contributed by atoms with Crippen molar-refractivity contribution in [1.82, 2.24) is 5.43 Å². The van der Waals surface area contributed by atoms with Gasteiger partial charge in [0.15, 0.2) is 0 Å². The zero-order chi connectivity index (χ0) is 14.5. The molecule has 1 rings (SSSR count). The minimum atomic E-state index is -0.493. The Morgan fingerprint density at radius 1 is 1.32 bits per heavy atom. The number of halogens is 2. The average molecular weight is 272 g/mol. The van der Waals surface area contributed by atoms with Crippen molar-refractivity contribution in [3.05, 3.63) is 35.4 Å². The van der Waals surface area contributed by atoms with Crippen LogP contribution in [0.3, 0.4) is 0 Å². The third kappa shape index (κ3) is 3.49. The first-order chi connectivity index (χ1) is 9.02. The number of hydrazine groups is 1. The lowest BCUT2D eigenvalue weighted by Gasteiger charge is -2.38. The first-order valence-corrected chi connectivity index (χ1v) is 6.48. The van der Waals surface area contributed by atoms with Gasteiger partial charge in [-0.05, 0) is 43.0 Å². The summed E-state index contributed by atoms with van der Waals surface area (Å²) in [6.07, 6.45) is 1.73. The summed E-state index contributed by atoms with van der Waals surface area (Å²) < 4.78 is 32.5. The van der Waals surface area contributed by atoms with Crippen LogP contribution in [0.25, 0.3) is 0 Å². The lowest BCUT2D eigenvalue weighted by molar-refractivity contribution is -0.0474. The fourth-order valence-corrected chi connectivity index (χ4v) is 2.49. The van der Waals surface area contributed by atoms with Gasteiger partial charge in [0, 0.05) is 7.11 Å². The van der Waals surface area contributed by atoms with Crippen LogP contribution < -0.4 is 11.3 Å². The lowest BCUT2D eigenvalue weighted by atomic mass is 9.84. The largest absolute Gasteiger partial charge is 0.377 e. The van der Waals surface area contributed by atoms with Gasteiger partial charge < -0.3 is 4.74 Å². The minimum Gasteiger partial charge on any atom is -0.377 e. The standard InChI is InChI=1S/C14H22F2N2O/c1-4-14(5-2,19-3)13(18-17)9-10-8-11(15)6-7-12(10)16/h6-8,13,18H,4-5,9,17H2,1-3H3. The monoisotopic (exact) mass is 272 g/mol. The van der Waals surface area contributed by atoms with Gasteiger partial charge in [-0.15, -0.1) is 0 Å². The van der Waals surface area contributed by atoms with Crippen molar-refractivity contribution in [2.45, 2.75) is 44.8 Å². The van der Waals surface area contributed by atoms with Gasteiger partial charge in [0.1, 0.15) is 11.6 Å². The number of nitrogens with two attached hydrogens (primary N) is 1. The van der Waals surface area contributed by atoms with Gasteiger partial charge in [-0.1, -0.05) is 13.8 Å². The topological polar surface area (TPSA) is 47.3 Å². The van der Waals surface area contributed by atoms with Crippen molar-refractivity contribution in [3.8, 4) is 0 Å². The van der Waals surface area contributed by atoms with Crippen LogP contribution in [0.2, 0.25) is 0 Å². The molecule has 1 atom stereocenters. The van der Waals surface area contributed by atoms with Gasteiger partial charge in [0.25, 0.3) is 0 Å². The summed E-state index contributed by atoms with van der Waals surface area (Å²) in [6, 6.07) is 3.15. The van der Waals surface area contributed by atoms with Crippen molar-refractivity contribution in [2.75, 3.05) is 7.11 Å². The van der Waals surface area contributed by atoms with E-state index in [1.54, 1.807) is 7.11 Å². The zero-order valence-corrected chi connectivity index (χ0v) is 11.7. The molecule has 0 aliphatic carbocycles. The number of nitrogens with one attached hydrogen (secondary N) is 1. The zero-order valence-electron chi connectivity index (χ0n) is 11.7. The first-order valence-electron chi connectivity index (χ1n) is 6.48. The second kappa shape index (κ2) is 6.93. The van der Waals surface area contributed by atoms with Gasteiger partial charge >= 0.3 is 0 Å². The molecule has 1 aromatic carbocycles. The maximum absolute atomic E-state index is 13.7. The molecule has 5 heteroatoms. The molecule has 0 aliphatic heterocycles. The quantitative estimate of drug-likeness (QED) is 0.592. The highest BCUT2D eigenvalue weighted by atomic mass is 19.1. The molecular weight excluding hydrogens is 250 g/mol. The van der Waals surface area contributed by atoms with E-state index in [9.17, 15) is 8.78 Å². The fraction of sp³-hybridized carbons (Fsp3) is 0.571. The molecule has 108 valence electrons. The van der Waals surface area contributed by atoms with Crippen LogP contribution >= 0.6 is 0 Å². The summed E-state index contributed by atoms with van der Waals surface area (Å²) in [6.45, 7) is 3.97. The molecule has 0 saturated carbocycles. The Balaban J connectivity index is 3.01. The molecule has 19 heavy (non-hydrogen) atoms. The normalized spacial score (nSPS) is 13.6. The molecular formula is C14H22F2N2O. The van der Waals surface area contributed by atoms with E-state index in [0.717, 1.165) is 25.0 Å². The number of hydrogen-bond acceptors (Lipinski definition) is 3. The summed E-state index contributed by atoms with van der Waals surface area (Å²) in [4.78, 5) is 0. The molecule has 3 nitrogen and oxygen atoms in total. The Hall–Kier alpha value is -1.04. The second-order valence-corrected chi connectivity index (χ2v) is 4.64. The van der Waals surface area contributed by atoms with Gasteiger partial charge in [-0.2, -0.15) is 0 Å². The number of hydrogen-bond donors (Lipinski definition) is 2. The maximum Gasteiger partial charge on any atom is 0.126 e. The van der Waals surface area contributed by atoms with E-state index in [-0.39, 0.29) is 12.5 Å². The van der Waals surface area contributed by atoms with Crippen molar-refractivity contribution in [1.29, 1.82) is 0 Å². The van der Waals surface area contributed by atoms with Crippen LogP contribution in [0.4, 0.5) is 8.78 Å². The van der Waals surface area contributed by atoms with E-state index in [4.69, 9.17) is 10.6 Å². The Kier molecular flexibility index (Phi) is 5.85. The summed E-state index contributed by atoms with van der Waals surface area (Å²) in [5.41, 5.74) is 2.48. The highest BCUT2D eigenvalue weighted by Crippen LogP contribution is 2.27. The van der Waals surface area contributed by atoms with Crippen molar-refractivity contribution in [2.24, 2.45) is 5.84 Å². The number of rotatable bonds is 7. The number of methoxy groups -OCH3 is 1. The molecule has 0 fully saturated rings. The SMILES string of the molecule is CCC(CC)(OC)C(Cc1cc(F)ccc1F)NN. The van der Waals surface area contributed by atoms with Crippen LogP contribution in [-0.4, -0.2) is 18.8 Å². The van der Waals surface area contributed by atoms with Gasteiger partial charge in [0.05, 0.1) is 11.6 Å². The van der Waals surface area contributed by atoms with Gasteiger partial charge in [-0.3, -0.25) is 11.3 Å². The van der Waals surface area contributed by atoms with Crippen LogP contribution in [-0.2, 0) is 11.2 Å². The smallest absolute Gasteiger partial charge is 0.126 e. The molecule has 0 amide bonds. The average Bonchev–Trinajstić information content (AvgIpc) is 2.43. The second-order valence-electron chi connectivity index (χ2n) is 4.64. The highest BCUT2D eigenvalue weighted by Gasteiger charge is 2.35. The van der Waals surface area contributed by atoms with E-state index in [1.165, 1.54) is 6.07 Å². The Labute approximate surface area is 113 Å². The van der Waals surface area contributed by atoms with Crippen molar-refractivity contribution in [3.63, 3.8) is 0 Å². The van der Waals surface area contributed by atoms with Gasteiger partial charge in [-0.25, -0.2) is 8.78 Å². The van der Waals surface area contributed by atoms with Crippen LogP contribution in [0.1, 0.15) is 32.3 Å². The predicted octanol–water partition coefficient (Wildman–Crippen LogP) is 2.54. The summed E-state index contributed by atoms with van der Waals surface area (Å²) in [5.74, 6) is 4.69. The predicted molar refractivity (Wildman–Crippen MR) is 71.5 cm³/mol. The molecule has 1 unspecified atom stereocenters. The summed E-state index contributed by atoms with van der Waals surface area (Å²) >= 11 is 0. The van der Waals surface area contributed by atoms with E-state index in [0.29, 0.717) is 5.56 Å². The Morgan fingerprint density at radius 3 is 2.42 bits per heavy atom. The molecule has 0 aromatic heterocycles. The van der Waals surface area contributed by atoms with Crippen LogP contribution in [0, 0.1) is 11.6 Å². The number of benzene rings is 1. The maximum atomic E-state index is 13.7. The van der Waals surface area contributed by atoms with Crippen LogP contribution in [0.15, 0.2) is 18.2 Å². The van der Waals surface area contributed by atoms with Gasteiger partial charge in [0.2, 0.25) is 0 Å². The molecule has 3 N–H and O–H groups in total. The number of ether oxygens (including phenoxy) is 1. The molecule has 0 radical (unpaired) electrons. The molecule has 0 aliphatic rings. The van der Waals surface area contributed by atoms with E-state index in [2.05, 4.69) is 5.43 Å². The van der Waals surface area contributed by atoms with Crippen molar-refractivity contribution >= 4 is 0 Å². The highest BCUT2D eigenvalue weighted by molar-refractivity contribution is 5.20. The third-order valence-electron chi connectivity index (χ3n) is 3.87. The van der Waals surface area contributed by atoms with E-state index < -0.39 is 17.2 Å². The molecule has 1 aromatic rings. The Morgan fingerprint density at radius 2 is 1.95 bits per heavy atom. The summed E-state index contributed by atoms with van der Waals surface area (Å²) in [7, 11) is 1.61. The lowest BCUT2D eigenvalue weighted by Crippen LogP contribution is -2.55. The van der Waals surface area contributed by atoms with E-state index in [1.807, 2.05) is 13.8 Å². The fourth-order valence-electron chi connectivity index (χ4n) is 2.49.